The molecule has 12 heteroatoms. The SMILES string of the molecule is C[C@H](NS(=O)(=O)c1ccc(-c2c(C3CN3)c3ccc(C4CC4)cc3n2-c2ncccn2)nc1)C(F)(F)F. The Bertz CT molecular complexity index is 1580. The number of sulfonamides is 1. The fraction of sp³-hybridized carbons (Fsp3) is 0.320. The summed E-state index contributed by atoms with van der Waals surface area (Å²) in [5, 5.41) is 4.36. The van der Waals surface area contributed by atoms with E-state index in [1.54, 1.807) is 23.2 Å². The molecule has 1 aliphatic heterocycles. The molecule has 1 saturated carbocycles. The van der Waals surface area contributed by atoms with Crippen LogP contribution < -0.4 is 10.0 Å². The molecule has 2 aliphatic rings. The molecule has 2 fully saturated rings. The van der Waals surface area contributed by atoms with Crippen LogP contribution in [0.2, 0.25) is 0 Å². The fourth-order valence-corrected chi connectivity index (χ4v) is 5.70. The zero-order chi connectivity index (χ0) is 25.9. The molecule has 37 heavy (non-hydrogen) atoms. The van der Waals surface area contributed by atoms with E-state index in [0.717, 1.165) is 49.0 Å². The van der Waals surface area contributed by atoms with Gasteiger partial charge in [-0.25, -0.2) is 18.4 Å². The van der Waals surface area contributed by atoms with Crippen molar-refractivity contribution in [2.75, 3.05) is 6.54 Å². The van der Waals surface area contributed by atoms with Gasteiger partial charge in [-0.05, 0) is 55.5 Å². The van der Waals surface area contributed by atoms with E-state index in [9.17, 15) is 21.6 Å². The van der Waals surface area contributed by atoms with Crippen molar-refractivity contribution in [3.63, 3.8) is 0 Å². The summed E-state index contributed by atoms with van der Waals surface area (Å²) in [6.45, 7) is 1.53. The highest BCUT2D eigenvalue weighted by molar-refractivity contribution is 7.89. The number of hydrogen-bond acceptors (Lipinski definition) is 6. The summed E-state index contributed by atoms with van der Waals surface area (Å²) in [7, 11) is -4.43. The summed E-state index contributed by atoms with van der Waals surface area (Å²) >= 11 is 0. The van der Waals surface area contributed by atoms with Crippen LogP contribution in [0, 0.1) is 0 Å². The molecule has 1 aliphatic carbocycles. The fourth-order valence-electron chi connectivity index (χ4n) is 4.53. The smallest absolute Gasteiger partial charge is 0.307 e. The standard InChI is InChI=1S/C25H23F3N6O2S/c1-14(25(26,27)28)33-37(35,36)17-6-8-19(31-12-17)23-22(20-13-32-20)18-7-5-16(15-3-4-15)11-21(18)34(23)24-29-9-2-10-30-24/h2,5-12,14-15,20,32-33H,3-4,13H2,1H3/t14-,20?/m0/s1. The van der Waals surface area contributed by atoms with Crippen LogP contribution in [0.4, 0.5) is 13.2 Å². The van der Waals surface area contributed by atoms with Crippen molar-refractivity contribution in [3.8, 4) is 17.3 Å². The molecule has 4 heterocycles. The van der Waals surface area contributed by atoms with Gasteiger partial charge in [0.05, 0.1) is 16.9 Å². The first-order valence-electron chi connectivity index (χ1n) is 11.9. The van der Waals surface area contributed by atoms with Crippen molar-refractivity contribution in [1.82, 2.24) is 29.6 Å². The summed E-state index contributed by atoms with van der Waals surface area (Å²) in [4.78, 5) is 13.0. The van der Waals surface area contributed by atoms with Crippen LogP contribution in [0.5, 0.6) is 0 Å². The number of nitrogens with one attached hydrogen (secondary N) is 2. The molecular weight excluding hydrogens is 505 g/mol. The number of rotatable bonds is 7. The number of halogens is 3. The zero-order valence-corrected chi connectivity index (χ0v) is 20.5. The summed E-state index contributed by atoms with van der Waals surface area (Å²) in [6, 6.07) is 8.73. The highest BCUT2D eigenvalue weighted by Gasteiger charge is 2.39. The molecule has 1 unspecified atom stereocenters. The zero-order valence-electron chi connectivity index (χ0n) is 19.7. The van der Waals surface area contributed by atoms with E-state index in [1.165, 1.54) is 17.7 Å². The Morgan fingerprint density at radius 1 is 1.11 bits per heavy atom. The molecule has 0 radical (unpaired) electrons. The molecule has 1 aromatic carbocycles. The largest absolute Gasteiger partial charge is 0.404 e. The number of pyridine rings is 1. The molecule has 6 rings (SSSR count). The molecule has 2 N–H and O–H groups in total. The van der Waals surface area contributed by atoms with Gasteiger partial charge in [0.2, 0.25) is 16.0 Å². The maximum atomic E-state index is 12.9. The lowest BCUT2D eigenvalue weighted by Crippen LogP contribution is -2.42. The van der Waals surface area contributed by atoms with Crippen molar-refractivity contribution >= 4 is 20.9 Å². The predicted octanol–water partition coefficient (Wildman–Crippen LogP) is 4.23. The summed E-state index contributed by atoms with van der Waals surface area (Å²) < 4.78 is 67.5. The Kier molecular flexibility index (Phi) is 5.58. The first kappa shape index (κ1) is 24.0. The van der Waals surface area contributed by atoms with Crippen LogP contribution in [-0.4, -0.2) is 46.7 Å². The summed E-state index contributed by atoms with van der Waals surface area (Å²) in [5.74, 6) is 0.978. The molecule has 0 spiro atoms. The van der Waals surface area contributed by atoms with E-state index in [-0.39, 0.29) is 10.9 Å². The molecule has 0 amide bonds. The molecular formula is C25H23F3N6O2S. The lowest BCUT2D eigenvalue weighted by molar-refractivity contribution is -0.147. The highest BCUT2D eigenvalue weighted by atomic mass is 32.2. The van der Waals surface area contributed by atoms with Gasteiger partial charge in [-0.2, -0.15) is 17.9 Å². The minimum Gasteiger partial charge on any atom is -0.307 e. The van der Waals surface area contributed by atoms with Gasteiger partial charge in [0.25, 0.3) is 0 Å². The van der Waals surface area contributed by atoms with E-state index in [0.29, 0.717) is 23.3 Å². The third-order valence-corrected chi connectivity index (χ3v) is 8.23. The Morgan fingerprint density at radius 3 is 2.43 bits per heavy atom. The lowest BCUT2D eigenvalue weighted by Gasteiger charge is -2.17. The predicted molar refractivity (Wildman–Crippen MR) is 131 cm³/mol. The van der Waals surface area contributed by atoms with Gasteiger partial charge >= 0.3 is 6.18 Å². The van der Waals surface area contributed by atoms with Crippen LogP contribution >= 0.6 is 0 Å². The first-order chi connectivity index (χ1) is 17.6. The molecule has 4 aromatic rings. The second-order valence-corrected chi connectivity index (χ2v) is 11.1. The van der Waals surface area contributed by atoms with Crippen LogP contribution in [-0.2, 0) is 10.0 Å². The van der Waals surface area contributed by atoms with Crippen LogP contribution in [0.25, 0.3) is 28.2 Å². The molecule has 192 valence electrons. The van der Waals surface area contributed by atoms with Gasteiger partial charge < -0.3 is 5.32 Å². The minimum atomic E-state index is -4.71. The molecule has 2 atom stereocenters. The Hall–Kier alpha value is -3.35. The minimum absolute atomic E-state index is 0.0775. The van der Waals surface area contributed by atoms with Gasteiger partial charge in [0.1, 0.15) is 10.9 Å². The van der Waals surface area contributed by atoms with E-state index >= 15 is 0 Å². The number of aromatic nitrogens is 4. The maximum Gasteiger partial charge on any atom is 0.404 e. The van der Waals surface area contributed by atoms with Gasteiger partial charge in [-0.15, -0.1) is 0 Å². The number of nitrogens with zero attached hydrogens (tertiary/aromatic N) is 4. The third kappa shape index (κ3) is 4.49. The highest BCUT2D eigenvalue weighted by Crippen LogP contribution is 2.45. The normalized spacial score (nSPS) is 18.8. The van der Waals surface area contributed by atoms with Crippen LogP contribution in [0.3, 0.4) is 0 Å². The Labute approximate surface area is 211 Å². The number of fused-ring (bicyclic) bond motifs is 1. The van der Waals surface area contributed by atoms with E-state index in [1.807, 2.05) is 4.57 Å². The Balaban J connectivity index is 1.50. The lowest BCUT2D eigenvalue weighted by atomic mass is 10.0. The van der Waals surface area contributed by atoms with Gasteiger partial charge in [0, 0.05) is 42.1 Å². The summed E-state index contributed by atoms with van der Waals surface area (Å²) in [6.07, 6.45) is 1.96. The number of hydrogen-bond donors (Lipinski definition) is 2. The molecule has 1 saturated heterocycles. The number of alkyl halides is 3. The van der Waals surface area contributed by atoms with E-state index < -0.39 is 22.2 Å². The quantitative estimate of drug-likeness (QED) is 0.347. The van der Waals surface area contributed by atoms with E-state index in [4.69, 9.17) is 0 Å². The first-order valence-corrected chi connectivity index (χ1v) is 13.4. The molecule has 3 aromatic heterocycles. The number of benzene rings is 1. The molecule has 8 nitrogen and oxygen atoms in total. The third-order valence-electron chi connectivity index (χ3n) is 6.70. The van der Waals surface area contributed by atoms with Gasteiger partial charge in [0.15, 0.2) is 0 Å². The summed E-state index contributed by atoms with van der Waals surface area (Å²) in [5.41, 5.74) is 4.33. The van der Waals surface area contributed by atoms with E-state index in [2.05, 4.69) is 38.5 Å². The van der Waals surface area contributed by atoms with Crippen molar-refractivity contribution < 1.29 is 21.6 Å². The second-order valence-electron chi connectivity index (χ2n) is 9.42. The maximum absolute atomic E-state index is 12.9. The van der Waals surface area contributed by atoms with Crippen molar-refractivity contribution in [2.45, 2.75) is 48.8 Å². The monoisotopic (exact) mass is 528 g/mol. The topological polar surface area (TPSA) is 112 Å². The Morgan fingerprint density at radius 2 is 1.84 bits per heavy atom. The van der Waals surface area contributed by atoms with Crippen molar-refractivity contribution in [2.24, 2.45) is 0 Å². The van der Waals surface area contributed by atoms with Crippen molar-refractivity contribution in [3.05, 3.63) is 66.1 Å². The van der Waals surface area contributed by atoms with Gasteiger partial charge in [-0.1, -0.05) is 12.1 Å². The average Bonchev–Trinajstić information content (AvgIpc) is 3.80. The van der Waals surface area contributed by atoms with Crippen LogP contribution in [0.1, 0.15) is 42.9 Å². The van der Waals surface area contributed by atoms with Crippen LogP contribution in [0.15, 0.2) is 59.9 Å². The second kappa shape index (κ2) is 8.61. The van der Waals surface area contributed by atoms with Crippen molar-refractivity contribution in [1.29, 1.82) is 0 Å². The average molecular weight is 529 g/mol. The van der Waals surface area contributed by atoms with Gasteiger partial charge in [-0.3, -0.25) is 9.55 Å². The molecule has 0 bridgehead atoms.